The Morgan fingerprint density at radius 2 is 1.93 bits per heavy atom. The zero-order chi connectivity index (χ0) is 11.0. The lowest BCUT2D eigenvalue weighted by Gasteiger charge is -2.08. The molecule has 4 heteroatoms. The Labute approximate surface area is 81.6 Å². The van der Waals surface area contributed by atoms with Gasteiger partial charge in [-0.05, 0) is 18.6 Å². The molecule has 0 heterocycles. The van der Waals surface area contributed by atoms with Crippen LogP contribution in [-0.4, -0.2) is 12.8 Å². The summed E-state index contributed by atoms with van der Waals surface area (Å²) in [5, 5.41) is 0. The first-order valence-corrected chi connectivity index (χ1v) is 4.14. The first-order chi connectivity index (χ1) is 6.49. The Kier molecular flexibility index (Phi) is 5.76. The van der Waals surface area contributed by atoms with E-state index >= 15 is 0 Å². The van der Waals surface area contributed by atoms with E-state index in [4.69, 9.17) is 4.74 Å². The van der Waals surface area contributed by atoms with Crippen molar-refractivity contribution < 1.29 is 17.9 Å². The van der Waals surface area contributed by atoms with Crippen LogP contribution in [0.2, 0.25) is 0 Å². The number of rotatable bonds is 6. The van der Waals surface area contributed by atoms with Gasteiger partial charge in [0.05, 0.1) is 6.61 Å². The molecule has 0 rings (SSSR count). The van der Waals surface area contributed by atoms with Crippen molar-refractivity contribution in [1.82, 2.24) is 0 Å². The van der Waals surface area contributed by atoms with Crippen LogP contribution in [-0.2, 0) is 4.74 Å². The molecule has 1 nitrogen and oxygen atoms in total. The predicted molar refractivity (Wildman–Crippen MR) is 49.7 cm³/mol. The van der Waals surface area contributed by atoms with Crippen molar-refractivity contribution >= 4 is 0 Å². The van der Waals surface area contributed by atoms with E-state index in [1.54, 1.807) is 6.08 Å². The molecule has 0 saturated carbocycles. The highest BCUT2D eigenvalue weighted by molar-refractivity contribution is 5.14. The Bertz CT molecular complexity index is 216. The molecule has 14 heavy (non-hydrogen) atoms. The summed E-state index contributed by atoms with van der Waals surface area (Å²) in [6.45, 7) is 6.91. The third-order valence-corrected chi connectivity index (χ3v) is 1.36. The van der Waals surface area contributed by atoms with Gasteiger partial charge in [-0.25, -0.2) is 0 Å². The number of halogens is 3. The monoisotopic (exact) mass is 206 g/mol. The van der Waals surface area contributed by atoms with Crippen LogP contribution < -0.4 is 0 Å². The van der Waals surface area contributed by atoms with E-state index in [9.17, 15) is 13.2 Å². The van der Waals surface area contributed by atoms with E-state index in [0.717, 1.165) is 0 Å². The molecular weight excluding hydrogens is 193 g/mol. The second-order valence-corrected chi connectivity index (χ2v) is 2.58. The van der Waals surface area contributed by atoms with Gasteiger partial charge in [-0.2, -0.15) is 13.2 Å². The minimum absolute atomic E-state index is 0.0329. The number of hydrogen-bond acceptors (Lipinski definition) is 1. The average Bonchev–Trinajstić information content (AvgIpc) is 2.08. The van der Waals surface area contributed by atoms with E-state index in [2.05, 4.69) is 13.2 Å². The van der Waals surface area contributed by atoms with E-state index in [1.165, 1.54) is 12.2 Å². The van der Waals surface area contributed by atoms with Gasteiger partial charge in [-0.15, -0.1) is 0 Å². The highest BCUT2D eigenvalue weighted by atomic mass is 19.4. The molecule has 0 bridgehead atoms. The third kappa shape index (κ3) is 7.46. The Morgan fingerprint density at radius 3 is 2.36 bits per heavy atom. The summed E-state index contributed by atoms with van der Waals surface area (Å²) in [4.78, 5) is 0. The highest BCUT2D eigenvalue weighted by Gasteiger charge is 2.25. The van der Waals surface area contributed by atoms with Crippen LogP contribution in [0.4, 0.5) is 13.2 Å². The molecule has 0 N–H and O–H groups in total. The maximum Gasteiger partial charge on any atom is 0.389 e. The molecule has 0 radical (unpaired) electrons. The number of allylic oxidation sites excluding steroid dienone is 3. The number of hydrogen-bond donors (Lipinski definition) is 0. The van der Waals surface area contributed by atoms with Crippen molar-refractivity contribution in [2.45, 2.75) is 19.0 Å². The Hall–Kier alpha value is -1.19. The molecule has 0 aromatic carbocycles. The molecule has 0 saturated heterocycles. The fraction of sp³-hybridized carbons (Fsp3) is 0.400. The van der Waals surface area contributed by atoms with Crippen LogP contribution in [0.15, 0.2) is 37.1 Å². The van der Waals surface area contributed by atoms with Gasteiger partial charge in [0.25, 0.3) is 0 Å². The van der Waals surface area contributed by atoms with Gasteiger partial charge in [0, 0.05) is 6.42 Å². The van der Waals surface area contributed by atoms with Gasteiger partial charge < -0.3 is 4.74 Å². The van der Waals surface area contributed by atoms with Gasteiger partial charge in [0.15, 0.2) is 0 Å². The van der Waals surface area contributed by atoms with E-state index in [0.29, 0.717) is 5.76 Å². The third-order valence-electron chi connectivity index (χ3n) is 1.36. The van der Waals surface area contributed by atoms with E-state index in [-0.39, 0.29) is 13.0 Å². The highest BCUT2D eigenvalue weighted by Crippen LogP contribution is 2.21. The SMILES string of the molecule is C=C/C=C(\C=C)OCCCC(F)(F)F. The van der Waals surface area contributed by atoms with Crippen LogP contribution in [0.1, 0.15) is 12.8 Å². The minimum atomic E-state index is -4.11. The minimum Gasteiger partial charge on any atom is -0.494 e. The standard InChI is InChI=1S/C10H13F3O/c1-3-6-9(4-2)14-8-5-7-10(11,12)13/h3-4,6H,1-2,5,7-8H2/b9-6+. The quantitative estimate of drug-likeness (QED) is 0.366. The van der Waals surface area contributed by atoms with Crippen molar-refractivity contribution in [2.24, 2.45) is 0 Å². The van der Waals surface area contributed by atoms with Crippen molar-refractivity contribution in [3.05, 3.63) is 37.1 Å². The summed E-state index contributed by atoms with van der Waals surface area (Å²) >= 11 is 0. The number of alkyl halides is 3. The molecule has 0 aliphatic rings. The molecule has 80 valence electrons. The maximum absolute atomic E-state index is 11.7. The van der Waals surface area contributed by atoms with E-state index in [1.807, 2.05) is 0 Å². The largest absolute Gasteiger partial charge is 0.494 e. The molecule has 0 aromatic rings. The summed E-state index contributed by atoms with van der Waals surface area (Å²) in [5.41, 5.74) is 0. The van der Waals surface area contributed by atoms with Gasteiger partial charge in [-0.3, -0.25) is 0 Å². The molecule has 0 aromatic heterocycles. The maximum atomic E-state index is 11.7. The van der Waals surface area contributed by atoms with Crippen LogP contribution in [0.3, 0.4) is 0 Å². The summed E-state index contributed by atoms with van der Waals surface area (Å²) in [5.74, 6) is 0.433. The van der Waals surface area contributed by atoms with Crippen LogP contribution >= 0.6 is 0 Å². The van der Waals surface area contributed by atoms with Crippen molar-refractivity contribution in [3.63, 3.8) is 0 Å². The topological polar surface area (TPSA) is 9.23 Å². The lowest BCUT2D eigenvalue weighted by molar-refractivity contribution is -0.137. The molecule has 0 fully saturated rings. The lowest BCUT2D eigenvalue weighted by Crippen LogP contribution is -2.08. The van der Waals surface area contributed by atoms with Gasteiger partial charge in [-0.1, -0.05) is 19.2 Å². The van der Waals surface area contributed by atoms with E-state index < -0.39 is 12.6 Å². The van der Waals surface area contributed by atoms with Crippen molar-refractivity contribution in [2.75, 3.05) is 6.61 Å². The van der Waals surface area contributed by atoms with Crippen LogP contribution in [0, 0.1) is 0 Å². The molecule has 0 unspecified atom stereocenters. The Morgan fingerprint density at radius 1 is 1.29 bits per heavy atom. The second-order valence-electron chi connectivity index (χ2n) is 2.58. The summed E-state index contributed by atoms with van der Waals surface area (Å²) in [7, 11) is 0. The number of ether oxygens (including phenoxy) is 1. The van der Waals surface area contributed by atoms with Crippen LogP contribution in [0.25, 0.3) is 0 Å². The summed E-state index contributed by atoms with van der Waals surface area (Å²) in [6.07, 6.45) is -0.534. The van der Waals surface area contributed by atoms with Crippen LogP contribution in [0.5, 0.6) is 0 Å². The smallest absolute Gasteiger partial charge is 0.389 e. The zero-order valence-corrected chi connectivity index (χ0v) is 7.81. The summed E-state index contributed by atoms with van der Waals surface area (Å²) in [6, 6.07) is 0. The van der Waals surface area contributed by atoms with Gasteiger partial charge in [0.2, 0.25) is 0 Å². The van der Waals surface area contributed by atoms with Gasteiger partial charge in [0.1, 0.15) is 5.76 Å². The van der Waals surface area contributed by atoms with Gasteiger partial charge >= 0.3 is 6.18 Å². The average molecular weight is 206 g/mol. The van der Waals surface area contributed by atoms with Crippen molar-refractivity contribution in [1.29, 1.82) is 0 Å². The molecule has 0 spiro atoms. The molecular formula is C10H13F3O. The fourth-order valence-corrected chi connectivity index (χ4v) is 0.754. The molecule has 0 amide bonds. The lowest BCUT2D eigenvalue weighted by atomic mass is 10.3. The normalized spacial score (nSPS) is 12.4. The first kappa shape index (κ1) is 12.8. The van der Waals surface area contributed by atoms with Crippen molar-refractivity contribution in [3.8, 4) is 0 Å². The Balaban J connectivity index is 3.68. The fourth-order valence-electron chi connectivity index (χ4n) is 0.754. The second kappa shape index (κ2) is 6.29. The molecule has 0 aliphatic heterocycles. The predicted octanol–water partition coefficient (Wildman–Crippen LogP) is 3.60. The first-order valence-electron chi connectivity index (χ1n) is 4.14. The summed E-state index contributed by atoms with van der Waals surface area (Å²) < 4.78 is 40.1. The zero-order valence-electron chi connectivity index (χ0n) is 7.81. The molecule has 0 aliphatic carbocycles. The molecule has 0 atom stereocenters.